The van der Waals surface area contributed by atoms with Crippen molar-refractivity contribution in [1.29, 1.82) is 0 Å². The first-order valence-electron chi connectivity index (χ1n) is 15.0. The number of hydrogen-bond acceptors (Lipinski definition) is 8. The number of hydrogen-bond donors (Lipinski definition) is 3. The third-order valence-electron chi connectivity index (χ3n) is 8.03. The Morgan fingerprint density at radius 3 is 2.42 bits per heavy atom. The van der Waals surface area contributed by atoms with E-state index in [-0.39, 0.29) is 29.8 Å². The molecule has 12 heteroatoms. The van der Waals surface area contributed by atoms with Crippen molar-refractivity contribution in [3.05, 3.63) is 88.0 Å². The van der Waals surface area contributed by atoms with Crippen molar-refractivity contribution < 1.29 is 24.4 Å². The quantitative estimate of drug-likeness (QED) is 0.132. The molecule has 0 heterocycles. The van der Waals surface area contributed by atoms with Gasteiger partial charge in [0.05, 0.1) is 22.8 Å². The van der Waals surface area contributed by atoms with E-state index < -0.39 is 22.5 Å². The van der Waals surface area contributed by atoms with Gasteiger partial charge in [-0.25, -0.2) is 4.79 Å². The van der Waals surface area contributed by atoms with Crippen LogP contribution in [0.1, 0.15) is 43.2 Å². The molecule has 1 saturated carbocycles. The molecule has 1 fully saturated rings. The number of nitro benzene ring substituents is 1. The first kappa shape index (κ1) is 34.3. The van der Waals surface area contributed by atoms with Crippen molar-refractivity contribution in [3.63, 3.8) is 0 Å². The highest BCUT2D eigenvalue weighted by atomic mass is 32.2. The molecule has 1 aliphatic rings. The number of fused-ring (bicyclic) bond motifs is 1. The molecular weight excluding hydrogens is 613 g/mol. The van der Waals surface area contributed by atoms with Crippen molar-refractivity contribution in [2.24, 2.45) is 0 Å². The summed E-state index contributed by atoms with van der Waals surface area (Å²) in [4.78, 5) is 50.8. The van der Waals surface area contributed by atoms with Crippen LogP contribution in [-0.2, 0) is 26.7 Å². The molecule has 2 amide bonds. The summed E-state index contributed by atoms with van der Waals surface area (Å²) < 4.78 is 0. The van der Waals surface area contributed by atoms with E-state index in [1.54, 1.807) is 12.1 Å². The Labute approximate surface area is 271 Å². The second-order valence-electron chi connectivity index (χ2n) is 11.5. The maximum Gasteiger partial charge on any atom is 0.326 e. The molecule has 1 atom stereocenters. The fourth-order valence-electron chi connectivity index (χ4n) is 5.88. The van der Waals surface area contributed by atoms with Gasteiger partial charge in [0.1, 0.15) is 6.04 Å². The number of aliphatic carboxylic acids is 1. The average Bonchev–Trinajstić information content (AvgIpc) is 3.47. The van der Waals surface area contributed by atoms with Crippen LogP contribution >= 0.6 is 23.5 Å². The second kappa shape index (κ2) is 16.6. The highest BCUT2D eigenvalue weighted by Gasteiger charge is 2.37. The summed E-state index contributed by atoms with van der Waals surface area (Å²) in [6, 6.07) is 19.5. The summed E-state index contributed by atoms with van der Waals surface area (Å²) in [6.45, 7) is 0.910. The summed E-state index contributed by atoms with van der Waals surface area (Å²) >= 11 is 2.98. The van der Waals surface area contributed by atoms with Crippen molar-refractivity contribution >= 4 is 57.8 Å². The minimum Gasteiger partial charge on any atom is -0.480 e. The van der Waals surface area contributed by atoms with Gasteiger partial charge in [0.15, 0.2) is 0 Å². The molecule has 0 aliphatic heterocycles. The van der Waals surface area contributed by atoms with E-state index in [9.17, 15) is 29.6 Å². The Balaban J connectivity index is 1.46. The molecular formula is C33H40N4O6S2. The van der Waals surface area contributed by atoms with E-state index in [0.29, 0.717) is 31.0 Å². The normalized spacial score (nSPS) is 14.7. The number of nitrogens with zero attached hydrogens (tertiary/aromatic N) is 2. The Kier molecular flexibility index (Phi) is 12.7. The van der Waals surface area contributed by atoms with Crippen LogP contribution in [0.5, 0.6) is 0 Å². The highest BCUT2D eigenvalue weighted by Crippen LogP contribution is 2.32. The third-order valence-corrected chi connectivity index (χ3v) is 9.67. The molecule has 3 N–H and O–H groups in total. The molecule has 0 bridgehead atoms. The van der Waals surface area contributed by atoms with Crippen LogP contribution in [0.15, 0.2) is 66.7 Å². The van der Waals surface area contributed by atoms with Gasteiger partial charge < -0.3 is 15.7 Å². The van der Waals surface area contributed by atoms with E-state index in [1.165, 1.54) is 35.7 Å². The van der Waals surface area contributed by atoms with Gasteiger partial charge in [0.25, 0.3) is 5.69 Å². The lowest BCUT2D eigenvalue weighted by atomic mass is 9.95. The topological polar surface area (TPSA) is 142 Å². The molecule has 240 valence electrons. The molecule has 0 saturated heterocycles. The number of carboxylic acids is 1. The number of non-ortho nitro benzene ring substituents is 1. The van der Waals surface area contributed by atoms with Gasteiger partial charge in [-0.15, -0.1) is 11.8 Å². The van der Waals surface area contributed by atoms with Gasteiger partial charge in [0, 0.05) is 31.0 Å². The molecule has 45 heavy (non-hydrogen) atoms. The molecule has 0 unspecified atom stereocenters. The van der Waals surface area contributed by atoms with Gasteiger partial charge in [-0.1, -0.05) is 67.4 Å². The van der Waals surface area contributed by atoms with Gasteiger partial charge in [-0.3, -0.25) is 24.6 Å². The fraction of sp³-hybridized carbons (Fsp3) is 0.424. The first-order chi connectivity index (χ1) is 21.7. The van der Waals surface area contributed by atoms with Crippen LogP contribution in [-0.4, -0.2) is 75.1 Å². The van der Waals surface area contributed by atoms with E-state index in [0.717, 1.165) is 47.6 Å². The predicted octanol–water partition coefficient (Wildman–Crippen LogP) is 5.23. The lowest BCUT2D eigenvalue weighted by Gasteiger charge is -2.36. The van der Waals surface area contributed by atoms with Crippen LogP contribution < -0.4 is 10.6 Å². The van der Waals surface area contributed by atoms with Crippen LogP contribution in [0.4, 0.5) is 5.69 Å². The van der Waals surface area contributed by atoms with Crippen LogP contribution in [0, 0.1) is 10.1 Å². The summed E-state index contributed by atoms with van der Waals surface area (Å²) in [5, 5.41) is 28.8. The van der Waals surface area contributed by atoms with Gasteiger partial charge >= 0.3 is 5.97 Å². The smallest absolute Gasteiger partial charge is 0.326 e. The number of thioether (sulfide) groups is 2. The van der Waals surface area contributed by atoms with Crippen molar-refractivity contribution in [1.82, 2.24) is 15.5 Å². The maximum atomic E-state index is 13.3. The van der Waals surface area contributed by atoms with E-state index >= 15 is 0 Å². The Hall–Kier alpha value is -3.61. The number of carboxylic acid groups (broad SMARTS) is 1. The molecule has 10 nitrogen and oxygen atoms in total. The minimum absolute atomic E-state index is 0.00121. The monoisotopic (exact) mass is 652 g/mol. The van der Waals surface area contributed by atoms with Gasteiger partial charge in [-0.2, -0.15) is 11.8 Å². The summed E-state index contributed by atoms with van der Waals surface area (Å²) in [5.74, 6) is -0.105. The largest absolute Gasteiger partial charge is 0.480 e. The van der Waals surface area contributed by atoms with Crippen molar-refractivity contribution in [2.75, 3.05) is 30.9 Å². The standard InChI is InChI=1S/C33H40N4O6S2/c1-44-18-15-29(32(40)41)34-30(38)20-36(19-26-9-6-8-25-7-2-3-10-28(25)26)23-33(16-4-5-17-33)35-31(39)22-45-21-24-11-13-27(14-12-24)37(42)43/h2-3,6-14,29H,4-5,15-23H2,1H3,(H,34,38)(H,35,39)(H,40,41)/t29-/m0/s1. The zero-order chi connectivity index (χ0) is 32.2. The Bertz CT molecular complexity index is 1470. The van der Waals surface area contributed by atoms with Gasteiger partial charge in [-0.05, 0) is 53.2 Å². The minimum atomic E-state index is -1.05. The first-order valence-corrected chi connectivity index (χ1v) is 17.5. The molecule has 3 aromatic carbocycles. The zero-order valence-electron chi connectivity index (χ0n) is 25.4. The number of carbonyl (C=O) groups is 3. The molecule has 0 spiro atoms. The van der Waals surface area contributed by atoms with Crippen molar-refractivity contribution in [2.45, 2.75) is 56.0 Å². The maximum absolute atomic E-state index is 13.3. The zero-order valence-corrected chi connectivity index (χ0v) is 27.0. The lowest BCUT2D eigenvalue weighted by Crippen LogP contribution is -2.56. The molecule has 1 aliphatic carbocycles. The number of carbonyl (C=O) groups excluding carboxylic acids is 2. The Morgan fingerprint density at radius 1 is 1.02 bits per heavy atom. The van der Waals surface area contributed by atoms with Gasteiger partial charge in [0.2, 0.25) is 11.8 Å². The molecule has 4 rings (SSSR count). The summed E-state index contributed by atoms with van der Waals surface area (Å²) in [6.07, 6.45) is 5.72. The molecule has 0 radical (unpaired) electrons. The third kappa shape index (κ3) is 10.2. The number of benzene rings is 3. The fourth-order valence-corrected chi connectivity index (χ4v) is 7.14. The predicted molar refractivity (Wildman–Crippen MR) is 180 cm³/mol. The number of nitro groups is 1. The van der Waals surface area contributed by atoms with Crippen LogP contribution in [0.25, 0.3) is 10.8 Å². The van der Waals surface area contributed by atoms with E-state index in [4.69, 9.17) is 0 Å². The number of amides is 2. The van der Waals surface area contributed by atoms with E-state index in [2.05, 4.69) is 16.7 Å². The molecule has 3 aromatic rings. The number of nitrogens with one attached hydrogen (secondary N) is 2. The van der Waals surface area contributed by atoms with Crippen LogP contribution in [0.2, 0.25) is 0 Å². The van der Waals surface area contributed by atoms with Crippen molar-refractivity contribution in [3.8, 4) is 0 Å². The molecule has 0 aromatic heterocycles. The summed E-state index contributed by atoms with van der Waals surface area (Å²) in [7, 11) is 0. The van der Waals surface area contributed by atoms with Crippen LogP contribution in [0.3, 0.4) is 0 Å². The summed E-state index contributed by atoms with van der Waals surface area (Å²) in [5.41, 5.74) is 1.47. The lowest BCUT2D eigenvalue weighted by molar-refractivity contribution is -0.384. The van der Waals surface area contributed by atoms with E-state index in [1.807, 2.05) is 47.6 Å². The SMILES string of the molecule is CSCC[C@H](NC(=O)CN(Cc1cccc2ccccc12)CC1(NC(=O)CSCc2ccc([N+](=O)[O-])cc2)CCCC1)C(=O)O. The highest BCUT2D eigenvalue weighted by molar-refractivity contribution is 7.99. The average molecular weight is 653 g/mol. The Morgan fingerprint density at radius 2 is 1.73 bits per heavy atom. The second-order valence-corrected chi connectivity index (χ2v) is 13.4. The number of rotatable bonds is 17.